The van der Waals surface area contributed by atoms with Gasteiger partial charge in [0.1, 0.15) is 0 Å². The predicted molar refractivity (Wildman–Crippen MR) is 63.5 cm³/mol. The summed E-state index contributed by atoms with van der Waals surface area (Å²) in [4.78, 5) is 22.9. The zero-order chi connectivity index (χ0) is 14.0. The fourth-order valence-electron chi connectivity index (χ4n) is 2.38. The van der Waals surface area contributed by atoms with Crippen LogP contribution in [0.25, 0.3) is 0 Å². The van der Waals surface area contributed by atoms with Gasteiger partial charge in [-0.25, -0.2) is 8.78 Å². The van der Waals surface area contributed by atoms with Crippen LogP contribution in [0.5, 0.6) is 0 Å². The molecule has 0 heterocycles. The lowest BCUT2D eigenvalue weighted by molar-refractivity contribution is -0.145. The molecule has 1 aromatic rings. The molecular weight excluding hydrogens is 256 g/mol. The summed E-state index contributed by atoms with van der Waals surface area (Å²) >= 11 is 0. The van der Waals surface area contributed by atoms with Crippen molar-refractivity contribution in [3.63, 3.8) is 0 Å². The van der Waals surface area contributed by atoms with Crippen LogP contribution in [0.3, 0.4) is 0 Å². The smallest absolute Gasteiger partial charge is 0.307 e. The Kier molecular flexibility index (Phi) is 3.78. The lowest BCUT2D eigenvalue weighted by Gasteiger charge is -2.15. The molecule has 1 amide bonds. The summed E-state index contributed by atoms with van der Waals surface area (Å²) in [5.74, 6) is -4.84. The second-order valence-electron chi connectivity index (χ2n) is 4.60. The van der Waals surface area contributed by atoms with Gasteiger partial charge in [0.2, 0.25) is 5.91 Å². The van der Waals surface area contributed by atoms with Crippen molar-refractivity contribution in [2.45, 2.75) is 19.3 Å². The highest BCUT2D eigenvalue weighted by molar-refractivity contribution is 5.95. The Hall–Kier alpha value is -1.98. The molecule has 0 bridgehead atoms. The number of carbonyl (C=O) groups is 2. The van der Waals surface area contributed by atoms with Crippen molar-refractivity contribution in [1.82, 2.24) is 0 Å². The molecule has 1 aromatic carbocycles. The Morgan fingerprint density at radius 3 is 2.47 bits per heavy atom. The first kappa shape index (κ1) is 13.5. The second-order valence-corrected chi connectivity index (χ2v) is 4.60. The topological polar surface area (TPSA) is 66.4 Å². The molecule has 4 nitrogen and oxygen atoms in total. The maximum atomic E-state index is 13.0. The number of rotatable bonds is 3. The molecule has 0 radical (unpaired) electrons. The number of benzene rings is 1. The van der Waals surface area contributed by atoms with Crippen molar-refractivity contribution < 1.29 is 23.5 Å². The van der Waals surface area contributed by atoms with Gasteiger partial charge in [0, 0.05) is 11.8 Å². The molecule has 0 saturated heterocycles. The zero-order valence-electron chi connectivity index (χ0n) is 10.0. The Morgan fingerprint density at radius 2 is 1.84 bits per heavy atom. The monoisotopic (exact) mass is 269 g/mol. The quantitative estimate of drug-likeness (QED) is 0.885. The number of hydrogen-bond acceptors (Lipinski definition) is 2. The average molecular weight is 269 g/mol. The summed E-state index contributed by atoms with van der Waals surface area (Å²) in [5.41, 5.74) is 0.125. The van der Waals surface area contributed by atoms with Gasteiger partial charge < -0.3 is 10.4 Å². The van der Waals surface area contributed by atoms with Crippen molar-refractivity contribution in [2.75, 3.05) is 5.32 Å². The van der Waals surface area contributed by atoms with Gasteiger partial charge in [0.05, 0.1) is 11.8 Å². The van der Waals surface area contributed by atoms with Gasteiger partial charge in [0.15, 0.2) is 11.6 Å². The molecule has 102 valence electrons. The third kappa shape index (κ3) is 2.89. The Labute approximate surface area is 108 Å². The van der Waals surface area contributed by atoms with E-state index in [1.807, 2.05) is 0 Å². The van der Waals surface area contributed by atoms with E-state index >= 15 is 0 Å². The van der Waals surface area contributed by atoms with Crippen LogP contribution in [0.15, 0.2) is 18.2 Å². The summed E-state index contributed by atoms with van der Waals surface area (Å²) in [5, 5.41) is 11.4. The first-order chi connectivity index (χ1) is 8.99. The first-order valence-corrected chi connectivity index (χ1v) is 5.98. The minimum absolute atomic E-state index is 0.125. The summed E-state index contributed by atoms with van der Waals surface area (Å²) in [6.07, 6.45) is 1.63. The Bertz CT molecular complexity index is 519. The van der Waals surface area contributed by atoms with Crippen LogP contribution in [-0.4, -0.2) is 17.0 Å². The highest BCUT2D eigenvalue weighted by Gasteiger charge is 2.37. The third-order valence-corrected chi connectivity index (χ3v) is 3.36. The summed E-state index contributed by atoms with van der Waals surface area (Å²) in [6, 6.07) is 3.02. The number of aliphatic carboxylic acids is 1. The van der Waals surface area contributed by atoms with Gasteiger partial charge in [0.25, 0.3) is 0 Å². The number of carbonyl (C=O) groups excluding carboxylic acids is 1. The van der Waals surface area contributed by atoms with Gasteiger partial charge in [-0.3, -0.25) is 9.59 Å². The summed E-state index contributed by atoms with van der Waals surface area (Å²) < 4.78 is 25.7. The molecule has 2 rings (SSSR count). The Morgan fingerprint density at radius 1 is 1.16 bits per heavy atom. The van der Waals surface area contributed by atoms with E-state index in [2.05, 4.69) is 5.32 Å². The van der Waals surface area contributed by atoms with Gasteiger partial charge in [-0.2, -0.15) is 0 Å². The van der Waals surface area contributed by atoms with Gasteiger partial charge >= 0.3 is 5.97 Å². The highest BCUT2D eigenvalue weighted by Crippen LogP contribution is 2.32. The van der Waals surface area contributed by atoms with Crippen LogP contribution in [-0.2, 0) is 9.59 Å². The summed E-state index contributed by atoms with van der Waals surface area (Å²) in [7, 11) is 0. The predicted octanol–water partition coefficient (Wildman–Crippen LogP) is 2.40. The minimum atomic E-state index is -1.06. The molecule has 2 atom stereocenters. The molecule has 1 aliphatic rings. The maximum Gasteiger partial charge on any atom is 0.307 e. The van der Waals surface area contributed by atoms with E-state index in [4.69, 9.17) is 5.11 Å². The van der Waals surface area contributed by atoms with Crippen molar-refractivity contribution in [2.24, 2.45) is 11.8 Å². The second kappa shape index (κ2) is 5.34. The standard InChI is InChI=1S/C13H13F2NO3/c14-10-5-4-7(6-11(10)15)16-12(17)8-2-1-3-9(8)13(18)19/h4-6,8-9H,1-3H2,(H,16,17)(H,18,19)/t8-,9+/m1/s1. The van der Waals surface area contributed by atoms with Crippen LogP contribution >= 0.6 is 0 Å². The molecule has 0 aliphatic heterocycles. The minimum Gasteiger partial charge on any atom is -0.481 e. The molecule has 1 fully saturated rings. The average Bonchev–Trinajstić information content (AvgIpc) is 2.83. The summed E-state index contributed by atoms with van der Waals surface area (Å²) in [6.45, 7) is 0. The number of carboxylic acid groups (broad SMARTS) is 1. The Balaban J connectivity index is 2.08. The molecule has 0 spiro atoms. The van der Waals surface area contributed by atoms with Crippen LogP contribution in [0, 0.1) is 23.5 Å². The van der Waals surface area contributed by atoms with Crippen molar-refractivity contribution >= 4 is 17.6 Å². The molecule has 6 heteroatoms. The van der Waals surface area contributed by atoms with Gasteiger partial charge in [-0.1, -0.05) is 6.42 Å². The van der Waals surface area contributed by atoms with Gasteiger partial charge in [-0.05, 0) is 25.0 Å². The fraction of sp³-hybridized carbons (Fsp3) is 0.385. The lowest BCUT2D eigenvalue weighted by atomic mass is 9.95. The fourth-order valence-corrected chi connectivity index (χ4v) is 2.38. The molecule has 19 heavy (non-hydrogen) atoms. The molecular formula is C13H13F2NO3. The van der Waals surface area contributed by atoms with E-state index in [1.165, 1.54) is 6.07 Å². The largest absolute Gasteiger partial charge is 0.481 e. The number of amides is 1. The van der Waals surface area contributed by atoms with Crippen LogP contribution in [0.1, 0.15) is 19.3 Å². The van der Waals surface area contributed by atoms with E-state index in [0.717, 1.165) is 12.1 Å². The normalized spacial score (nSPS) is 22.2. The number of hydrogen-bond donors (Lipinski definition) is 2. The molecule has 0 aromatic heterocycles. The molecule has 0 unspecified atom stereocenters. The third-order valence-electron chi connectivity index (χ3n) is 3.36. The van der Waals surface area contributed by atoms with E-state index in [-0.39, 0.29) is 5.69 Å². The van der Waals surface area contributed by atoms with Crippen LogP contribution in [0.2, 0.25) is 0 Å². The molecule has 2 N–H and O–H groups in total. The van der Waals surface area contributed by atoms with Crippen molar-refractivity contribution in [3.8, 4) is 0 Å². The first-order valence-electron chi connectivity index (χ1n) is 5.98. The number of nitrogens with one attached hydrogen (secondary N) is 1. The van der Waals surface area contributed by atoms with Crippen molar-refractivity contribution in [3.05, 3.63) is 29.8 Å². The number of halogens is 2. The molecule has 1 saturated carbocycles. The van der Waals surface area contributed by atoms with Gasteiger partial charge in [-0.15, -0.1) is 0 Å². The van der Waals surface area contributed by atoms with Crippen LogP contribution in [0.4, 0.5) is 14.5 Å². The molecule has 1 aliphatic carbocycles. The lowest BCUT2D eigenvalue weighted by Crippen LogP contribution is -2.30. The van der Waals surface area contributed by atoms with E-state index in [1.54, 1.807) is 0 Å². The number of carboxylic acids is 1. The van der Waals surface area contributed by atoms with E-state index in [0.29, 0.717) is 19.3 Å². The maximum absolute atomic E-state index is 13.0. The van der Waals surface area contributed by atoms with E-state index < -0.39 is 35.3 Å². The SMILES string of the molecule is O=C(O)[C@H]1CCC[C@H]1C(=O)Nc1ccc(F)c(F)c1. The zero-order valence-corrected chi connectivity index (χ0v) is 10.0. The van der Waals surface area contributed by atoms with Crippen molar-refractivity contribution in [1.29, 1.82) is 0 Å². The van der Waals surface area contributed by atoms with E-state index in [9.17, 15) is 18.4 Å². The highest BCUT2D eigenvalue weighted by atomic mass is 19.2. The number of anilines is 1. The van der Waals surface area contributed by atoms with Crippen LogP contribution < -0.4 is 5.32 Å².